The molecule has 0 saturated carbocycles. The molecule has 4 nitrogen and oxygen atoms in total. The van der Waals surface area contributed by atoms with E-state index in [9.17, 15) is 19.8 Å². The molecule has 0 aliphatic rings. The molecule has 0 aliphatic carbocycles. The second-order valence-corrected chi connectivity index (χ2v) is 4.62. The molecule has 13 heavy (non-hydrogen) atoms. The predicted octanol–water partition coefficient (Wildman–Crippen LogP) is -0.963. The van der Waals surface area contributed by atoms with Gasteiger partial charge in [-0.1, -0.05) is 31.9 Å². The van der Waals surface area contributed by atoms with Gasteiger partial charge in [-0.15, -0.1) is 0 Å². The average Bonchev–Trinajstić information content (AvgIpc) is 1.88. The van der Waals surface area contributed by atoms with E-state index < -0.39 is 21.6 Å². The van der Waals surface area contributed by atoms with Gasteiger partial charge < -0.3 is 19.8 Å². The van der Waals surface area contributed by atoms with Crippen LogP contribution in [0.1, 0.15) is 13.8 Å². The zero-order valence-electron chi connectivity index (χ0n) is 7.25. The first-order chi connectivity index (χ1) is 5.29. The van der Waals surface area contributed by atoms with E-state index in [1.165, 1.54) is 13.8 Å². The Kier molecular flexibility index (Phi) is 15.6. The second-order valence-electron chi connectivity index (χ2n) is 1.87. The number of carbonyl (C=O) groups excluding carboxylic acids is 2. The molecular weight excluding hydrogens is 361 g/mol. The van der Waals surface area contributed by atoms with E-state index in [1.807, 2.05) is 0 Å². The van der Waals surface area contributed by atoms with Crippen molar-refractivity contribution in [2.24, 2.45) is 0 Å². The van der Waals surface area contributed by atoms with Gasteiger partial charge in [0.05, 0.1) is 21.6 Å². The summed E-state index contributed by atoms with van der Waals surface area (Å²) in [6, 6.07) is 0. The van der Waals surface area contributed by atoms with Crippen LogP contribution in [0.15, 0.2) is 0 Å². The van der Waals surface area contributed by atoms with Crippen molar-refractivity contribution in [3.05, 3.63) is 0 Å². The maximum absolute atomic E-state index is 9.54. The predicted molar refractivity (Wildman–Crippen MR) is 46.8 cm³/mol. The SMILES string of the molecule is CC(Br)C(=O)[O-].CC(Br)C(=O)[O-].[Zn+2]. The number of rotatable bonds is 2. The first-order valence-corrected chi connectivity index (χ1v) is 4.82. The molecule has 0 N–H and O–H groups in total. The van der Waals surface area contributed by atoms with Gasteiger partial charge in [0.25, 0.3) is 0 Å². The van der Waals surface area contributed by atoms with Gasteiger partial charge in [-0.05, 0) is 13.8 Å². The van der Waals surface area contributed by atoms with Crippen LogP contribution in [0, 0.1) is 0 Å². The summed E-state index contributed by atoms with van der Waals surface area (Å²) < 4.78 is 0. The van der Waals surface area contributed by atoms with Gasteiger partial charge in [0.15, 0.2) is 0 Å². The minimum atomic E-state index is -1.07. The molecule has 72 valence electrons. The van der Waals surface area contributed by atoms with Crippen LogP contribution in [-0.4, -0.2) is 21.6 Å². The Hall–Kier alpha value is 0.523. The van der Waals surface area contributed by atoms with Crippen molar-refractivity contribution in [3.63, 3.8) is 0 Å². The number of hydrogen-bond donors (Lipinski definition) is 0. The number of carboxylic acids is 2. The number of carbonyl (C=O) groups is 2. The Labute approximate surface area is 106 Å². The van der Waals surface area contributed by atoms with Crippen LogP contribution in [0.25, 0.3) is 0 Å². The van der Waals surface area contributed by atoms with Gasteiger partial charge in [-0.3, -0.25) is 0 Å². The minimum Gasteiger partial charge on any atom is -0.549 e. The molecule has 0 spiro atoms. The molecule has 2 unspecified atom stereocenters. The molecular formula is C6H8Br2O4Zn. The average molecular weight is 369 g/mol. The second kappa shape index (κ2) is 10.6. The monoisotopic (exact) mass is 366 g/mol. The molecule has 0 aromatic heterocycles. The summed E-state index contributed by atoms with van der Waals surface area (Å²) in [4.78, 5) is 18.0. The summed E-state index contributed by atoms with van der Waals surface area (Å²) in [5.41, 5.74) is 0. The number of aliphatic carboxylic acids is 2. The fourth-order valence-corrected chi connectivity index (χ4v) is 0. The van der Waals surface area contributed by atoms with Crippen LogP contribution in [0.2, 0.25) is 0 Å². The molecule has 0 aromatic carbocycles. The molecule has 0 amide bonds. The maximum Gasteiger partial charge on any atom is 2.00 e. The first-order valence-electron chi connectivity index (χ1n) is 2.98. The summed E-state index contributed by atoms with van der Waals surface area (Å²) in [6.45, 7) is 2.99. The minimum absolute atomic E-state index is 0. The van der Waals surface area contributed by atoms with Crippen molar-refractivity contribution >= 4 is 43.8 Å². The van der Waals surface area contributed by atoms with Crippen LogP contribution in [0.4, 0.5) is 0 Å². The van der Waals surface area contributed by atoms with E-state index in [0.717, 1.165) is 0 Å². The number of alkyl halides is 2. The van der Waals surface area contributed by atoms with Gasteiger partial charge in [0, 0.05) is 0 Å². The van der Waals surface area contributed by atoms with E-state index in [-0.39, 0.29) is 19.5 Å². The van der Waals surface area contributed by atoms with Gasteiger partial charge in [0.2, 0.25) is 0 Å². The van der Waals surface area contributed by atoms with E-state index in [2.05, 4.69) is 31.9 Å². The normalized spacial score (nSPS) is 12.6. The Morgan fingerprint density at radius 1 is 1.00 bits per heavy atom. The summed E-state index contributed by atoms with van der Waals surface area (Å²) in [5.74, 6) is -2.15. The zero-order valence-corrected chi connectivity index (χ0v) is 13.4. The van der Waals surface area contributed by atoms with Crippen LogP contribution in [0.3, 0.4) is 0 Å². The topological polar surface area (TPSA) is 80.3 Å². The third-order valence-corrected chi connectivity index (χ3v) is 1.40. The standard InChI is InChI=1S/2C3H5BrO2.Zn/c2*1-2(4)3(5)6;/h2*2H,1H3,(H,5,6);/q;;+2/p-2. The van der Waals surface area contributed by atoms with Gasteiger partial charge >= 0.3 is 19.5 Å². The third-order valence-electron chi connectivity index (χ3n) is 0.650. The van der Waals surface area contributed by atoms with Gasteiger partial charge in [0.1, 0.15) is 0 Å². The molecule has 0 heterocycles. The van der Waals surface area contributed by atoms with Crippen molar-refractivity contribution in [1.82, 2.24) is 0 Å². The van der Waals surface area contributed by atoms with Crippen molar-refractivity contribution < 1.29 is 39.3 Å². The molecule has 7 heteroatoms. The maximum atomic E-state index is 9.54. The smallest absolute Gasteiger partial charge is 0.549 e. The van der Waals surface area contributed by atoms with Crippen molar-refractivity contribution in [3.8, 4) is 0 Å². The number of hydrogen-bond acceptors (Lipinski definition) is 4. The van der Waals surface area contributed by atoms with Crippen molar-refractivity contribution in [2.45, 2.75) is 23.5 Å². The van der Waals surface area contributed by atoms with E-state index >= 15 is 0 Å². The molecule has 0 aromatic rings. The third kappa shape index (κ3) is 19.1. The molecule has 0 bridgehead atoms. The van der Waals surface area contributed by atoms with Gasteiger partial charge in [-0.25, -0.2) is 0 Å². The van der Waals surface area contributed by atoms with E-state index in [4.69, 9.17) is 0 Å². The first kappa shape index (κ1) is 19.2. The van der Waals surface area contributed by atoms with Crippen molar-refractivity contribution in [1.29, 1.82) is 0 Å². The number of halogens is 2. The summed E-state index contributed by atoms with van der Waals surface area (Å²) in [5, 5.41) is 19.1. The summed E-state index contributed by atoms with van der Waals surface area (Å²) in [7, 11) is 0. The Bertz CT molecular complexity index is 143. The quantitative estimate of drug-likeness (QED) is 0.464. The zero-order chi connectivity index (χ0) is 10.3. The molecule has 2 atom stereocenters. The molecule has 0 rings (SSSR count). The molecule has 0 aliphatic heterocycles. The Balaban J connectivity index is -0.000000143. The molecule has 0 radical (unpaired) electrons. The van der Waals surface area contributed by atoms with Crippen LogP contribution in [-0.2, 0) is 29.1 Å². The Morgan fingerprint density at radius 2 is 1.08 bits per heavy atom. The van der Waals surface area contributed by atoms with E-state index in [1.54, 1.807) is 0 Å². The molecule has 0 saturated heterocycles. The van der Waals surface area contributed by atoms with Gasteiger partial charge in [-0.2, -0.15) is 0 Å². The van der Waals surface area contributed by atoms with Crippen LogP contribution < -0.4 is 10.2 Å². The largest absolute Gasteiger partial charge is 2.00 e. The number of carboxylic acid groups (broad SMARTS) is 2. The summed E-state index contributed by atoms with van der Waals surface area (Å²) >= 11 is 5.55. The molecule has 0 fully saturated rings. The summed E-state index contributed by atoms with van der Waals surface area (Å²) in [6.07, 6.45) is 0. The van der Waals surface area contributed by atoms with E-state index in [0.29, 0.717) is 0 Å². The van der Waals surface area contributed by atoms with Crippen molar-refractivity contribution in [2.75, 3.05) is 0 Å². The fourth-order valence-electron chi connectivity index (χ4n) is 0. The van der Waals surface area contributed by atoms with Crippen LogP contribution >= 0.6 is 31.9 Å². The van der Waals surface area contributed by atoms with Crippen LogP contribution in [0.5, 0.6) is 0 Å². The Morgan fingerprint density at radius 3 is 1.08 bits per heavy atom. The fraction of sp³-hybridized carbons (Fsp3) is 0.667.